The fourth-order valence-electron chi connectivity index (χ4n) is 2.52. The second-order valence-electron chi connectivity index (χ2n) is 4.81. The Morgan fingerprint density at radius 1 is 1.15 bits per heavy atom. The fraction of sp³-hybridized carbons (Fsp3) is 0.600. The molecular weight excluding hydrogens is 278 g/mol. The molecular formula is C15H23ClNO3-. The highest BCUT2D eigenvalue weighted by Gasteiger charge is 2.23. The Hall–Kier alpha value is -0.970. The van der Waals surface area contributed by atoms with Gasteiger partial charge < -0.3 is 27.0 Å². The minimum atomic E-state index is -0.518. The number of nitrogens with zero attached hydrogens (tertiary/aromatic N) is 1. The number of aliphatic hydroxyl groups is 1. The topological polar surface area (TPSA) is 41.9 Å². The van der Waals surface area contributed by atoms with Crippen LogP contribution in [-0.2, 0) is 0 Å². The molecule has 0 saturated heterocycles. The van der Waals surface area contributed by atoms with E-state index in [4.69, 9.17) is 9.47 Å². The first-order valence-electron chi connectivity index (χ1n) is 6.99. The maximum atomic E-state index is 10.5. The molecule has 20 heavy (non-hydrogen) atoms. The Morgan fingerprint density at radius 2 is 1.75 bits per heavy atom. The zero-order valence-corrected chi connectivity index (χ0v) is 13.1. The summed E-state index contributed by atoms with van der Waals surface area (Å²) in [5.74, 6) is 1.49. The van der Waals surface area contributed by atoms with Crippen molar-refractivity contribution < 1.29 is 27.0 Å². The van der Waals surface area contributed by atoms with E-state index >= 15 is 0 Å². The molecule has 1 aliphatic heterocycles. The zero-order chi connectivity index (χ0) is 13.8. The minimum Gasteiger partial charge on any atom is -1.00 e. The lowest BCUT2D eigenvalue weighted by Crippen LogP contribution is -3.00. The Bertz CT molecular complexity index is 424. The van der Waals surface area contributed by atoms with Crippen molar-refractivity contribution in [3.8, 4) is 11.5 Å². The SMILES string of the molecule is CCN(CC)C(C)C(O)c1ccc2c(c1)OCCO2.[Cl-]. The molecule has 0 radical (unpaired) electrons. The molecule has 0 bridgehead atoms. The third kappa shape index (κ3) is 3.57. The third-order valence-corrected chi connectivity index (χ3v) is 3.75. The van der Waals surface area contributed by atoms with Gasteiger partial charge in [0.05, 0.1) is 6.10 Å². The minimum absolute atomic E-state index is 0. The predicted molar refractivity (Wildman–Crippen MR) is 74.8 cm³/mol. The van der Waals surface area contributed by atoms with Crippen molar-refractivity contribution in [1.29, 1.82) is 0 Å². The number of likely N-dealkylation sites (N-methyl/N-ethyl adjacent to an activating group) is 1. The third-order valence-electron chi connectivity index (χ3n) is 3.75. The molecule has 4 nitrogen and oxygen atoms in total. The van der Waals surface area contributed by atoms with Crippen LogP contribution in [0.1, 0.15) is 32.4 Å². The summed E-state index contributed by atoms with van der Waals surface area (Å²) in [6.07, 6.45) is -0.518. The van der Waals surface area contributed by atoms with Crippen molar-refractivity contribution in [2.24, 2.45) is 0 Å². The van der Waals surface area contributed by atoms with Gasteiger partial charge in [-0.3, -0.25) is 4.90 Å². The smallest absolute Gasteiger partial charge is 0.161 e. The van der Waals surface area contributed by atoms with E-state index in [1.54, 1.807) is 0 Å². The van der Waals surface area contributed by atoms with Gasteiger partial charge in [0, 0.05) is 6.04 Å². The van der Waals surface area contributed by atoms with E-state index in [9.17, 15) is 5.11 Å². The molecule has 0 aliphatic carbocycles. The van der Waals surface area contributed by atoms with E-state index in [1.807, 2.05) is 18.2 Å². The van der Waals surface area contributed by atoms with Crippen LogP contribution in [0.25, 0.3) is 0 Å². The van der Waals surface area contributed by atoms with Crippen molar-refractivity contribution >= 4 is 0 Å². The molecule has 1 aliphatic rings. The van der Waals surface area contributed by atoms with E-state index in [-0.39, 0.29) is 18.4 Å². The van der Waals surface area contributed by atoms with E-state index in [1.165, 1.54) is 0 Å². The molecule has 1 aromatic rings. The fourth-order valence-corrected chi connectivity index (χ4v) is 2.52. The van der Waals surface area contributed by atoms with Gasteiger partial charge in [-0.25, -0.2) is 0 Å². The second-order valence-corrected chi connectivity index (χ2v) is 4.81. The Labute approximate surface area is 127 Å². The largest absolute Gasteiger partial charge is 1.00 e. The van der Waals surface area contributed by atoms with Gasteiger partial charge in [0.2, 0.25) is 0 Å². The maximum absolute atomic E-state index is 10.5. The Kier molecular flexibility index (Phi) is 6.59. The van der Waals surface area contributed by atoms with Gasteiger partial charge in [-0.2, -0.15) is 0 Å². The molecule has 1 heterocycles. The van der Waals surface area contributed by atoms with Gasteiger partial charge in [-0.05, 0) is 37.7 Å². The van der Waals surface area contributed by atoms with Crippen molar-refractivity contribution in [3.63, 3.8) is 0 Å². The average molecular weight is 301 g/mol. The van der Waals surface area contributed by atoms with Crippen LogP contribution in [0.2, 0.25) is 0 Å². The molecule has 2 rings (SSSR count). The van der Waals surface area contributed by atoms with Crippen molar-refractivity contribution in [1.82, 2.24) is 4.90 Å². The van der Waals surface area contributed by atoms with Gasteiger partial charge in [0.25, 0.3) is 0 Å². The van der Waals surface area contributed by atoms with Crippen molar-refractivity contribution in [2.75, 3.05) is 26.3 Å². The second kappa shape index (κ2) is 7.72. The van der Waals surface area contributed by atoms with Crippen LogP contribution in [0.5, 0.6) is 11.5 Å². The highest BCUT2D eigenvalue weighted by molar-refractivity contribution is 5.44. The lowest BCUT2D eigenvalue weighted by molar-refractivity contribution is -0.00000630. The molecule has 114 valence electrons. The molecule has 1 aromatic carbocycles. The van der Waals surface area contributed by atoms with E-state index < -0.39 is 6.10 Å². The van der Waals surface area contributed by atoms with Crippen LogP contribution in [0.4, 0.5) is 0 Å². The predicted octanol–water partition coefficient (Wildman–Crippen LogP) is -0.774. The average Bonchev–Trinajstić information content (AvgIpc) is 2.47. The summed E-state index contributed by atoms with van der Waals surface area (Å²) >= 11 is 0. The van der Waals surface area contributed by atoms with Crippen LogP contribution in [-0.4, -0.2) is 42.4 Å². The van der Waals surface area contributed by atoms with Gasteiger partial charge >= 0.3 is 0 Å². The molecule has 0 saturated carbocycles. The molecule has 5 heteroatoms. The number of benzene rings is 1. The summed E-state index contributed by atoms with van der Waals surface area (Å²) in [6, 6.07) is 5.76. The summed E-state index contributed by atoms with van der Waals surface area (Å²) in [6.45, 7) is 9.28. The highest BCUT2D eigenvalue weighted by atomic mass is 35.5. The summed E-state index contributed by atoms with van der Waals surface area (Å²) in [5, 5.41) is 10.5. The lowest BCUT2D eigenvalue weighted by Gasteiger charge is -2.31. The summed E-state index contributed by atoms with van der Waals surface area (Å²) in [7, 11) is 0. The highest BCUT2D eigenvalue weighted by Crippen LogP contribution is 2.33. The number of rotatable bonds is 5. The monoisotopic (exact) mass is 300 g/mol. The lowest BCUT2D eigenvalue weighted by atomic mass is 10.0. The molecule has 0 amide bonds. The van der Waals surface area contributed by atoms with Crippen molar-refractivity contribution in [2.45, 2.75) is 32.9 Å². The number of halogens is 1. The number of hydrogen-bond acceptors (Lipinski definition) is 4. The molecule has 1 N–H and O–H groups in total. The van der Waals surface area contributed by atoms with E-state index in [2.05, 4.69) is 25.7 Å². The van der Waals surface area contributed by atoms with Crippen LogP contribution in [0.3, 0.4) is 0 Å². The summed E-state index contributed by atoms with van der Waals surface area (Å²) in [5.41, 5.74) is 0.878. The van der Waals surface area contributed by atoms with Crippen LogP contribution in [0.15, 0.2) is 18.2 Å². The van der Waals surface area contributed by atoms with Gasteiger partial charge in [0.15, 0.2) is 11.5 Å². The molecule has 2 atom stereocenters. The molecule has 0 fully saturated rings. The van der Waals surface area contributed by atoms with Crippen LogP contribution in [0, 0.1) is 0 Å². The Morgan fingerprint density at radius 3 is 2.35 bits per heavy atom. The van der Waals surface area contributed by atoms with Crippen LogP contribution >= 0.6 is 0 Å². The Balaban J connectivity index is 0.00000200. The van der Waals surface area contributed by atoms with E-state index in [0.29, 0.717) is 13.2 Å². The van der Waals surface area contributed by atoms with Crippen molar-refractivity contribution in [3.05, 3.63) is 23.8 Å². The molecule has 0 spiro atoms. The van der Waals surface area contributed by atoms with Gasteiger partial charge in [-0.1, -0.05) is 19.9 Å². The van der Waals surface area contributed by atoms with Gasteiger partial charge in [0.1, 0.15) is 13.2 Å². The number of fused-ring (bicyclic) bond motifs is 1. The summed E-state index contributed by atoms with van der Waals surface area (Å²) < 4.78 is 11.0. The first-order chi connectivity index (χ1) is 9.17. The number of ether oxygens (including phenoxy) is 2. The first kappa shape index (κ1) is 17.1. The maximum Gasteiger partial charge on any atom is 0.161 e. The number of hydrogen-bond donors (Lipinski definition) is 1. The van der Waals surface area contributed by atoms with Gasteiger partial charge in [-0.15, -0.1) is 0 Å². The standard InChI is InChI=1S/C15H23NO3.ClH/c1-4-16(5-2)11(3)15(17)12-6-7-13-14(10-12)19-9-8-18-13;/h6-7,10-11,15,17H,4-5,8-9H2,1-3H3;1H/p-1. The van der Waals surface area contributed by atoms with E-state index in [0.717, 1.165) is 30.2 Å². The normalized spacial score (nSPS) is 16.4. The first-order valence-corrected chi connectivity index (χ1v) is 6.99. The molecule has 0 aromatic heterocycles. The summed E-state index contributed by atoms with van der Waals surface area (Å²) in [4.78, 5) is 2.24. The quantitative estimate of drug-likeness (QED) is 0.775. The number of aliphatic hydroxyl groups excluding tert-OH is 1. The molecule has 2 unspecified atom stereocenters. The zero-order valence-electron chi connectivity index (χ0n) is 12.3. The van der Waals surface area contributed by atoms with Crippen LogP contribution < -0.4 is 21.9 Å².